The number of nitrogens with one attached hydrogen (secondary N) is 1. The minimum atomic E-state index is -4.79. The van der Waals surface area contributed by atoms with Gasteiger partial charge in [-0.25, -0.2) is 4.79 Å². The molecule has 0 saturated carbocycles. The molecule has 0 spiro atoms. The third-order valence-corrected chi connectivity index (χ3v) is 3.81. The Bertz CT molecular complexity index is 599. The summed E-state index contributed by atoms with van der Waals surface area (Å²) in [5.41, 5.74) is 5.44. The second kappa shape index (κ2) is 7.41. The maximum atomic E-state index is 12.4. The SMILES string of the molecule is NC(=O)C1CCN(C(=O)NCc2ccccc2OC(F)(F)F)CC1. The molecule has 3 amide bonds. The van der Waals surface area contributed by atoms with E-state index in [1.165, 1.54) is 23.1 Å². The molecule has 0 aromatic heterocycles. The number of carbonyl (C=O) groups is 2. The zero-order chi connectivity index (χ0) is 17.7. The highest BCUT2D eigenvalue weighted by molar-refractivity contribution is 5.78. The molecule has 0 atom stereocenters. The lowest BCUT2D eigenvalue weighted by molar-refractivity contribution is -0.274. The number of carbonyl (C=O) groups excluding carboxylic acids is 2. The van der Waals surface area contributed by atoms with Crippen molar-refractivity contribution >= 4 is 11.9 Å². The summed E-state index contributed by atoms with van der Waals surface area (Å²) in [6, 6.07) is 5.21. The summed E-state index contributed by atoms with van der Waals surface area (Å²) in [7, 11) is 0. The van der Waals surface area contributed by atoms with Gasteiger partial charge in [-0.2, -0.15) is 0 Å². The molecule has 3 N–H and O–H groups in total. The molecule has 132 valence electrons. The Morgan fingerprint density at radius 3 is 2.46 bits per heavy atom. The lowest BCUT2D eigenvalue weighted by Gasteiger charge is -2.30. The Balaban J connectivity index is 1.90. The standard InChI is InChI=1S/C15H18F3N3O3/c16-15(17,18)24-12-4-2-1-3-11(12)9-20-14(23)21-7-5-10(6-8-21)13(19)22/h1-4,10H,5-9H2,(H2,19,22)(H,20,23). The average Bonchev–Trinajstić information content (AvgIpc) is 2.52. The van der Waals surface area contributed by atoms with Gasteiger partial charge in [0.15, 0.2) is 0 Å². The first-order chi connectivity index (χ1) is 11.3. The van der Waals surface area contributed by atoms with Crippen molar-refractivity contribution in [3.8, 4) is 5.75 Å². The van der Waals surface area contributed by atoms with Gasteiger partial charge in [0.05, 0.1) is 0 Å². The number of para-hydroxylation sites is 1. The van der Waals surface area contributed by atoms with Crippen molar-refractivity contribution in [1.82, 2.24) is 10.2 Å². The van der Waals surface area contributed by atoms with E-state index in [-0.39, 0.29) is 29.7 Å². The van der Waals surface area contributed by atoms with Gasteiger partial charge < -0.3 is 20.7 Å². The van der Waals surface area contributed by atoms with Gasteiger partial charge in [-0.3, -0.25) is 4.79 Å². The first-order valence-electron chi connectivity index (χ1n) is 7.42. The smallest absolute Gasteiger partial charge is 0.405 e. The van der Waals surface area contributed by atoms with Gasteiger partial charge in [-0.05, 0) is 18.9 Å². The topological polar surface area (TPSA) is 84.7 Å². The molecule has 1 aliphatic heterocycles. The predicted molar refractivity (Wildman–Crippen MR) is 78.9 cm³/mol. The zero-order valence-electron chi connectivity index (χ0n) is 12.8. The van der Waals surface area contributed by atoms with Crippen LogP contribution in [-0.2, 0) is 11.3 Å². The minimum Gasteiger partial charge on any atom is -0.405 e. The molecule has 1 heterocycles. The summed E-state index contributed by atoms with van der Waals surface area (Å²) in [4.78, 5) is 24.7. The molecular weight excluding hydrogens is 327 g/mol. The van der Waals surface area contributed by atoms with Gasteiger partial charge in [0.2, 0.25) is 5.91 Å². The highest BCUT2D eigenvalue weighted by Gasteiger charge is 2.32. The maximum Gasteiger partial charge on any atom is 0.573 e. The van der Waals surface area contributed by atoms with Crippen molar-refractivity contribution in [2.45, 2.75) is 25.7 Å². The molecule has 6 nitrogen and oxygen atoms in total. The van der Waals surface area contributed by atoms with Crippen LogP contribution >= 0.6 is 0 Å². The number of hydrogen-bond acceptors (Lipinski definition) is 3. The second-order valence-electron chi connectivity index (χ2n) is 5.48. The van der Waals surface area contributed by atoms with Crippen LogP contribution in [0.3, 0.4) is 0 Å². The summed E-state index contributed by atoms with van der Waals surface area (Å²) in [6.45, 7) is 0.654. The van der Waals surface area contributed by atoms with Crippen molar-refractivity contribution in [2.24, 2.45) is 11.7 Å². The second-order valence-corrected chi connectivity index (χ2v) is 5.48. The Morgan fingerprint density at radius 2 is 1.88 bits per heavy atom. The monoisotopic (exact) mass is 345 g/mol. The highest BCUT2D eigenvalue weighted by atomic mass is 19.4. The number of benzene rings is 1. The molecule has 1 aliphatic rings. The molecule has 0 bridgehead atoms. The highest BCUT2D eigenvalue weighted by Crippen LogP contribution is 2.26. The van der Waals surface area contributed by atoms with E-state index in [1.54, 1.807) is 6.07 Å². The summed E-state index contributed by atoms with van der Waals surface area (Å²) < 4.78 is 41.0. The van der Waals surface area contributed by atoms with E-state index in [9.17, 15) is 22.8 Å². The molecule has 9 heteroatoms. The molecule has 1 saturated heterocycles. The van der Waals surface area contributed by atoms with E-state index in [1.807, 2.05) is 0 Å². The van der Waals surface area contributed by atoms with E-state index in [0.29, 0.717) is 25.9 Å². The third-order valence-electron chi connectivity index (χ3n) is 3.81. The van der Waals surface area contributed by atoms with Crippen molar-refractivity contribution in [2.75, 3.05) is 13.1 Å². The Kier molecular flexibility index (Phi) is 5.53. The number of hydrogen-bond donors (Lipinski definition) is 2. The lowest BCUT2D eigenvalue weighted by Crippen LogP contribution is -2.46. The van der Waals surface area contributed by atoms with Gasteiger partial charge in [0.1, 0.15) is 5.75 Å². The van der Waals surface area contributed by atoms with Crippen LogP contribution in [0.25, 0.3) is 0 Å². The molecule has 1 fully saturated rings. The normalized spacial score (nSPS) is 15.9. The molecule has 24 heavy (non-hydrogen) atoms. The molecule has 1 aromatic carbocycles. The first kappa shape index (κ1) is 17.9. The predicted octanol–water partition coefficient (Wildman–Crippen LogP) is 1.99. The quantitative estimate of drug-likeness (QED) is 0.875. The summed E-state index contributed by atoms with van der Waals surface area (Å²) in [5.74, 6) is -0.971. The minimum absolute atomic E-state index is 0.0964. The van der Waals surface area contributed by atoms with Crippen molar-refractivity contribution in [3.63, 3.8) is 0 Å². The first-order valence-corrected chi connectivity index (χ1v) is 7.42. The van der Waals surface area contributed by atoms with Crippen LogP contribution in [0.1, 0.15) is 18.4 Å². The van der Waals surface area contributed by atoms with Crippen LogP contribution < -0.4 is 15.8 Å². The maximum absolute atomic E-state index is 12.4. The number of piperidine rings is 1. The molecule has 0 unspecified atom stereocenters. The van der Waals surface area contributed by atoms with Gasteiger partial charge in [-0.15, -0.1) is 13.2 Å². The average molecular weight is 345 g/mol. The van der Waals surface area contributed by atoms with E-state index in [0.717, 1.165) is 0 Å². The Hall–Kier alpha value is -2.45. The number of amides is 3. The van der Waals surface area contributed by atoms with Crippen LogP contribution in [0.4, 0.5) is 18.0 Å². The number of halogens is 3. The number of nitrogens with zero attached hydrogens (tertiary/aromatic N) is 1. The van der Waals surface area contributed by atoms with E-state index in [2.05, 4.69) is 10.1 Å². The fourth-order valence-corrected chi connectivity index (χ4v) is 2.52. The van der Waals surface area contributed by atoms with Gasteiger partial charge in [0, 0.05) is 31.1 Å². The van der Waals surface area contributed by atoms with Gasteiger partial charge in [-0.1, -0.05) is 18.2 Å². The Morgan fingerprint density at radius 1 is 1.25 bits per heavy atom. The number of rotatable bonds is 4. The van der Waals surface area contributed by atoms with Gasteiger partial charge >= 0.3 is 12.4 Å². The number of nitrogens with two attached hydrogens (primary N) is 1. The van der Waals surface area contributed by atoms with E-state index in [4.69, 9.17) is 5.73 Å². The van der Waals surface area contributed by atoms with Crippen molar-refractivity contribution < 1.29 is 27.5 Å². The number of likely N-dealkylation sites (tertiary alicyclic amines) is 1. The molecule has 0 aliphatic carbocycles. The van der Waals surface area contributed by atoms with Crippen LogP contribution in [0.15, 0.2) is 24.3 Å². The van der Waals surface area contributed by atoms with Crippen LogP contribution in [-0.4, -0.2) is 36.3 Å². The van der Waals surface area contributed by atoms with Crippen molar-refractivity contribution in [3.05, 3.63) is 29.8 Å². The third kappa shape index (κ3) is 5.04. The fraction of sp³-hybridized carbons (Fsp3) is 0.467. The van der Waals surface area contributed by atoms with E-state index >= 15 is 0 Å². The fourth-order valence-electron chi connectivity index (χ4n) is 2.52. The van der Waals surface area contributed by atoms with Crippen molar-refractivity contribution in [1.29, 1.82) is 0 Å². The molecule has 0 radical (unpaired) electrons. The molecule has 1 aromatic rings. The largest absolute Gasteiger partial charge is 0.573 e. The number of primary amides is 1. The van der Waals surface area contributed by atoms with Crippen LogP contribution in [0.2, 0.25) is 0 Å². The van der Waals surface area contributed by atoms with Crippen LogP contribution in [0, 0.1) is 5.92 Å². The number of alkyl halides is 3. The van der Waals surface area contributed by atoms with E-state index < -0.39 is 12.4 Å². The Labute approximate surface area is 136 Å². The molecule has 2 rings (SSSR count). The zero-order valence-corrected chi connectivity index (χ0v) is 12.8. The summed E-state index contributed by atoms with van der Waals surface area (Å²) >= 11 is 0. The van der Waals surface area contributed by atoms with Crippen LogP contribution in [0.5, 0.6) is 5.75 Å². The number of ether oxygens (including phenoxy) is 1. The van der Waals surface area contributed by atoms with Gasteiger partial charge in [0.25, 0.3) is 0 Å². The summed E-state index contributed by atoms with van der Waals surface area (Å²) in [6.07, 6.45) is -3.83. The summed E-state index contributed by atoms with van der Waals surface area (Å²) in [5, 5.41) is 2.56. The number of urea groups is 1. The lowest BCUT2D eigenvalue weighted by atomic mass is 9.96. The molecular formula is C15H18F3N3O3.